The molecule has 0 aromatic heterocycles. The number of aliphatic imine (C=N–C) groups is 1. The van der Waals surface area contributed by atoms with Crippen LogP contribution in [0, 0.1) is 0 Å². The minimum atomic E-state index is -1.06. The first-order valence-electron chi connectivity index (χ1n) is 7.52. The van der Waals surface area contributed by atoms with Crippen LogP contribution in [0.1, 0.15) is 15.9 Å². The fourth-order valence-electron chi connectivity index (χ4n) is 2.13. The molecule has 0 spiro atoms. The molecule has 1 amide bonds. The van der Waals surface area contributed by atoms with Crippen molar-refractivity contribution in [1.29, 1.82) is 0 Å². The normalized spacial score (nSPS) is 10.8. The summed E-state index contributed by atoms with van der Waals surface area (Å²) in [5, 5.41) is 11.5. The summed E-state index contributed by atoms with van der Waals surface area (Å²) < 4.78 is 5.24. The first-order valence-corrected chi connectivity index (χ1v) is 7.52. The topological polar surface area (TPSA) is 126 Å². The third-order valence-corrected chi connectivity index (χ3v) is 3.29. The molecule has 0 aliphatic heterocycles. The van der Waals surface area contributed by atoms with E-state index in [-0.39, 0.29) is 5.91 Å². The van der Waals surface area contributed by atoms with Crippen LogP contribution in [0.2, 0.25) is 0 Å². The number of methoxy groups -OCH3 is 1. The van der Waals surface area contributed by atoms with Crippen molar-refractivity contribution in [2.75, 3.05) is 12.4 Å². The molecule has 2 aromatic rings. The number of hydrogen-bond donors (Lipinski definition) is 4. The molecule has 26 heavy (non-hydrogen) atoms. The van der Waals surface area contributed by atoms with Gasteiger partial charge in [-0.25, -0.2) is 15.6 Å². The van der Waals surface area contributed by atoms with Gasteiger partial charge in [-0.3, -0.25) is 4.79 Å². The largest absolute Gasteiger partial charge is 0.496 e. The Morgan fingerprint density at radius 3 is 2.73 bits per heavy atom. The average molecular weight is 354 g/mol. The molecule has 0 fully saturated rings. The van der Waals surface area contributed by atoms with Gasteiger partial charge in [0, 0.05) is 29.0 Å². The Bertz CT molecular complexity index is 862. The molecule has 0 radical (unpaired) electrons. The van der Waals surface area contributed by atoms with Crippen molar-refractivity contribution in [3.05, 3.63) is 59.7 Å². The summed E-state index contributed by atoms with van der Waals surface area (Å²) in [6, 6.07) is 11.6. The van der Waals surface area contributed by atoms with Gasteiger partial charge in [0.2, 0.25) is 0 Å². The van der Waals surface area contributed by atoms with Gasteiger partial charge in [0.1, 0.15) is 12.1 Å². The Balaban J connectivity index is 2.18. The van der Waals surface area contributed by atoms with Crippen molar-refractivity contribution in [3.63, 3.8) is 0 Å². The molecule has 0 saturated heterocycles. The molecule has 5 N–H and O–H groups in total. The second-order valence-corrected chi connectivity index (χ2v) is 5.06. The summed E-state index contributed by atoms with van der Waals surface area (Å²) in [7, 11) is 1.46. The zero-order valence-corrected chi connectivity index (χ0v) is 14.0. The summed E-state index contributed by atoms with van der Waals surface area (Å²) in [5.74, 6) is 4.18. The monoisotopic (exact) mass is 354 g/mol. The van der Waals surface area contributed by atoms with Gasteiger partial charge >= 0.3 is 5.97 Å². The first kappa shape index (κ1) is 18.7. The Labute approximate surface area is 150 Å². The number of carboxylic acids is 1. The second kappa shape index (κ2) is 9.00. The Hall–Kier alpha value is -3.65. The molecule has 8 heteroatoms. The van der Waals surface area contributed by atoms with Gasteiger partial charge in [-0.15, -0.1) is 0 Å². The summed E-state index contributed by atoms with van der Waals surface area (Å²) in [5.41, 5.74) is 4.38. The van der Waals surface area contributed by atoms with Gasteiger partial charge in [0.15, 0.2) is 0 Å². The quantitative estimate of drug-likeness (QED) is 0.198. The maximum absolute atomic E-state index is 12.4. The van der Waals surface area contributed by atoms with Crippen LogP contribution in [0.15, 0.2) is 53.5 Å². The zero-order valence-electron chi connectivity index (χ0n) is 14.0. The lowest BCUT2D eigenvalue weighted by molar-refractivity contribution is -0.131. The van der Waals surface area contributed by atoms with E-state index in [0.29, 0.717) is 28.3 Å². The van der Waals surface area contributed by atoms with Gasteiger partial charge in [-0.1, -0.05) is 6.07 Å². The number of ether oxygens (including phenoxy) is 1. The van der Waals surface area contributed by atoms with Crippen molar-refractivity contribution >= 4 is 35.7 Å². The third-order valence-electron chi connectivity index (χ3n) is 3.29. The molecule has 2 aromatic carbocycles. The highest BCUT2D eigenvalue weighted by Gasteiger charge is 2.09. The maximum Gasteiger partial charge on any atom is 0.328 e. The van der Waals surface area contributed by atoms with Crippen molar-refractivity contribution in [2.24, 2.45) is 10.8 Å². The summed E-state index contributed by atoms with van der Waals surface area (Å²) in [6.45, 7) is 0. The molecular weight excluding hydrogens is 336 g/mol. The Morgan fingerprint density at radius 1 is 1.23 bits per heavy atom. The van der Waals surface area contributed by atoms with Crippen LogP contribution in [-0.4, -0.2) is 30.4 Å². The summed E-state index contributed by atoms with van der Waals surface area (Å²) >= 11 is 0. The molecule has 0 saturated carbocycles. The summed E-state index contributed by atoms with van der Waals surface area (Å²) in [6.07, 6.45) is 3.74. The maximum atomic E-state index is 12.4. The van der Waals surface area contributed by atoms with E-state index < -0.39 is 5.97 Å². The van der Waals surface area contributed by atoms with Crippen LogP contribution in [0.4, 0.5) is 11.4 Å². The predicted octanol–water partition coefficient (Wildman–Crippen LogP) is 2.17. The average Bonchev–Trinajstić information content (AvgIpc) is 2.65. The van der Waals surface area contributed by atoms with Crippen LogP contribution in [0.3, 0.4) is 0 Å². The fraction of sp³-hybridized carbons (Fsp3) is 0.0556. The number of nitrogens with two attached hydrogens (primary N) is 1. The number of hydrazine groups is 1. The number of nitrogens with one attached hydrogen (secondary N) is 2. The smallest absolute Gasteiger partial charge is 0.328 e. The van der Waals surface area contributed by atoms with E-state index in [4.69, 9.17) is 15.7 Å². The number of anilines is 1. The molecular formula is C18H18N4O4. The van der Waals surface area contributed by atoms with E-state index in [1.807, 2.05) is 0 Å². The van der Waals surface area contributed by atoms with Gasteiger partial charge in [-0.05, 0) is 36.4 Å². The van der Waals surface area contributed by atoms with E-state index in [9.17, 15) is 9.59 Å². The lowest BCUT2D eigenvalue weighted by atomic mass is 10.1. The first-order chi connectivity index (χ1) is 12.5. The lowest BCUT2D eigenvalue weighted by Gasteiger charge is -2.10. The molecule has 0 heterocycles. The van der Waals surface area contributed by atoms with Crippen molar-refractivity contribution in [1.82, 2.24) is 5.43 Å². The van der Waals surface area contributed by atoms with Gasteiger partial charge in [-0.2, -0.15) is 0 Å². The zero-order chi connectivity index (χ0) is 18.9. The van der Waals surface area contributed by atoms with E-state index >= 15 is 0 Å². The third kappa shape index (κ3) is 5.18. The Morgan fingerprint density at radius 2 is 2.04 bits per heavy atom. The van der Waals surface area contributed by atoms with Crippen molar-refractivity contribution in [3.8, 4) is 5.75 Å². The van der Waals surface area contributed by atoms with E-state index in [2.05, 4.69) is 15.7 Å². The highest BCUT2D eigenvalue weighted by Crippen LogP contribution is 2.25. The molecule has 8 nitrogen and oxygen atoms in total. The molecule has 0 bridgehead atoms. The number of hydrogen-bond acceptors (Lipinski definition) is 5. The fourth-order valence-corrected chi connectivity index (χ4v) is 2.13. The molecule has 0 atom stereocenters. The number of carbonyl (C=O) groups is 2. The minimum Gasteiger partial charge on any atom is -0.496 e. The number of carbonyl (C=O) groups excluding carboxylic acids is 1. The number of amides is 1. The number of rotatable bonds is 7. The molecule has 0 unspecified atom stereocenters. The van der Waals surface area contributed by atoms with E-state index in [1.165, 1.54) is 19.5 Å². The summed E-state index contributed by atoms with van der Waals surface area (Å²) in [4.78, 5) is 27.1. The lowest BCUT2D eigenvalue weighted by Crippen LogP contribution is -2.18. The van der Waals surface area contributed by atoms with Crippen molar-refractivity contribution in [2.45, 2.75) is 0 Å². The molecule has 134 valence electrons. The number of carboxylic acid groups (broad SMARTS) is 1. The van der Waals surface area contributed by atoms with E-state index in [0.717, 1.165) is 6.08 Å². The number of nitrogens with zero attached hydrogens (tertiary/aromatic N) is 1. The Kier molecular flexibility index (Phi) is 6.47. The van der Waals surface area contributed by atoms with Gasteiger partial charge < -0.3 is 20.6 Å². The highest BCUT2D eigenvalue weighted by molar-refractivity contribution is 6.05. The van der Waals surface area contributed by atoms with Gasteiger partial charge in [0.05, 0.1) is 12.8 Å². The van der Waals surface area contributed by atoms with Crippen LogP contribution in [-0.2, 0) is 4.79 Å². The predicted molar refractivity (Wildman–Crippen MR) is 99.5 cm³/mol. The van der Waals surface area contributed by atoms with Crippen molar-refractivity contribution < 1.29 is 19.4 Å². The standard InChI is InChI=1S/C18H18N4O4/c1-26-16-10-15(7-5-12(16)6-8-17(23)24)22-18(25)13-3-2-4-14(9-13)20-11-21-19/h2-11H,19H2,1H3,(H,20,21)(H,22,25)(H,23,24). The highest BCUT2D eigenvalue weighted by atomic mass is 16.5. The number of aliphatic carboxylic acids is 1. The molecule has 0 aliphatic rings. The van der Waals surface area contributed by atoms with Crippen LogP contribution in [0.25, 0.3) is 6.08 Å². The molecule has 0 aliphatic carbocycles. The van der Waals surface area contributed by atoms with Crippen LogP contribution in [0.5, 0.6) is 5.75 Å². The SMILES string of the molecule is COc1cc(NC(=O)c2cccc(N=CNN)c2)ccc1C=CC(=O)O. The van der Waals surface area contributed by atoms with E-state index in [1.54, 1.807) is 42.5 Å². The van der Waals surface area contributed by atoms with Gasteiger partial charge in [0.25, 0.3) is 5.91 Å². The second-order valence-electron chi connectivity index (χ2n) is 5.06. The van der Waals surface area contributed by atoms with Crippen LogP contribution < -0.4 is 21.3 Å². The van der Waals surface area contributed by atoms with Crippen LogP contribution >= 0.6 is 0 Å². The minimum absolute atomic E-state index is 0.321. The number of benzene rings is 2. The molecule has 2 rings (SSSR count).